The summed E-state index contributed by atoms with van der Waals surface area (Å²) in [6.45, 7) is 1.38. The second kappa shape index (κ2) is 13.9. The maximum absolute atomic E-state index is 13.5. The molecule has 2 amide bonds. The number of β-lactam (4-membered cyclic amide) rings is 1. The van der Waals surface area contributed by atoms with Crippen molar-refractivity contribution in [1.29, 1.82) is 0 Å². The Kier molecular flexibility index (Phi) is 9.79. The molecule has 4 N–H and O–H groups in total. The number of ether oxygens (including phenoxy) is 3. The van der Waals surface area contributed by atoms with Gasteiger partial charge in [0.15, 0.2) is 10.8 Å². The Morgan fingerprint density at radius 3 is 2.70 bits per heavy atom. The molecule has 3 atom stereocenters. The summed E-state index contributed by atoms with van der Waals surface area (Å²) in [7, 11) is 0. The molecule has 1 saturated heterocycles. The molecule has 4 heterocycles. The molecule has 0 unspecified atom stereocenters. The predicted octanol–water partition coefficient (Wildman–Crippen LogP) is 3.04. The van der Waals surface area contributed by atoms with E-state index in [1.165, 1.54) is 29.0 Å². The van der Waals surface area contributed by atoms with Gasteiger partial charge in [-0.2, -0.15) is 0 Å². The molecule has 1 aliphatic carbocycles. The first-order valence-corrected chi connectivity index (χ1v) is 15.8. The normalized spacial score (nSPS) is 21.3. The van der Waals surface area contributed by atoms with Crippen molar-refractivity contribution >= 4 is 64.0 Å². The van der Waals surface area contributed by atoms with Crippen LogP contribution in [0.15, 0.2) is 52.4 Å². The molecule has 0 bridgehead atoms. The van der Waals surface area contributed by atoms with Gasteiger partial charge in [0, 0.05) is 30.5 Å². The molecule has 0 spiro atoms. The SMILES string of the molecule is C[C@H](OC(=O)OC1CCCCC1)OC(=O)C1=C(/C=C\c2cccnc2)CS[C@@H]2[C@H](NC(=O)C(=NO)c3csc(N)n3)C(=O)N12. The monoisotopic (exact) mass is 642 g/mol. The van der Waals surface area contributed by atoms with Crippen LogP contribution in [0.3, 0.4) is 0 Å². The Bertz CT molecular complexity index is 1500. The van der Waals surface area contributed by atoms with Crippen LogP contribution < -0.4 is 11.1 Å². The number of esters is 1. The number of fused-ring (bicyclic) bond motifs is 1. The van der Waals surface area contributed by atoms with Crippen molar-refractivity contribution in [1.82, 2.24) is 20.2 Å². The molecule has 16 heteroatoms. The number of nitrogens with two attached hydrogens (primary N) is 1. The molecule has 3 aliphatic rings. The number of carbonyl (C=O) groups is 4. The van der Waals surface area contributed by atoms with Crippen LogP contribution in [0, 0.1) is 0 Å². The number of thioether (sulfide) groups is 1. The van der Waals surface area contributed by atoms with Gasteiger partial charge in [-0.25, -0.2) is 14.6 Å². The molecule has 5 rings (SSSR count). The summed E-state index contributed by atoms with van der Waals surface area (Å²) in [5.74, 6) is -2.04. The summed E-state index contributed by atoms with van der Waals surface area (Å²) in [5.41, 5.74) is 6.45. The highest BCUT2D eigenvalue weighted by atomic mass is 32.2. The molecule has 2 aromatic rings. The van der Waals surface area contributed by atoms with E-state index >= 15 is 0 Å². The number of hydrogen-bond donors (Lipinski definition) is 3. The van der Waals surface area contributed by atoms with Gasteiger partial charge in [0.1, 0.15) is 28.9 Å². The number of oxime groups is 1. The van der Waals surface area contributed by atoms with Crippen LogP contribution >= 0.6 is 23.1 Å². The van der Waals surface area contributed by atoms with Crippen LogP contribution in [-0.4, -0.2) is 79.3 Å². The zero-order valence-corrected chi connectivity index (χ0v) is 25.2. The van der Waals surface area contributed by atoms with E-state index in [4.69, 9.17) is 19.9 Å². The third-order valence-electron chi connectivity index (χ3n) is 7.07. The second-order valence-corrected chi connectivity index (χ2v) is 12.1. The average Bonchev–Trinajstić information content (AvgIpc) is 3.44. The number of aromatic nitrogens is 2. The highest BCUT2D eigenvalue weighted by molar-refractivity contribution is 8.00. The molecular formula is C28H30N6O8S2. The van der Waals surface area contributed by atoms with Crippen molar-refractivity contribution in [3.8, 4) is 0 Å². The van der Waals surface area contributed by atoms with Crippen molar-refractivity contribution < 1.29 is 38.6 Å². The van der Waals surface area contributed by atoms with Gasteiger partial charge in [0.05, 0.1) is 0 Å². The van der Waals surface area contributed by atoms with Crippen LogP contribution in [0.4, 0.5) is 9.93 Å². The second-order valence-electron chi connectivity index (χ2n) is 10.1. The number of rotatable bonds is 9. The Morgan fingerprint density at radius 2 is 2.02 bits per heavy atom. The Morgan fingerprint density at radius 1 is 1.23 bits per heavy atom. The number of nitrogens with zero attached hydrogens (tertiary/aromatic N) is 4. The third-order valence-corrected chi connectivity index (χ3v) is 9.05. The van der Waals surface area contributed by atoms with Crippen LogP contribution in [0.1, 0.15) is 50.3 Å². The van der Waals surface area contributed by atoms with Gasteiger partial charge in [-0.15, -0.1) is 23.1 Å². The van der Waals surface area contributed by atoms with Crippen molar-refractivity contribution in [2.75, 3.05) is 11.5 Å². The Hall–Kier alpha value is -4.44. The first-order chi connectivity index (χ1) is 21.2. The predicted molar refractivity (Wildman–Crippen MR) is 160 cm³/mol. The lowest BCUT2D eigenvalue weighted by Gasteiger charge is -2.49. The van der Waals surface area contributed by atoms with E-state index in [0.29, 0.717) is 5.57 Å². The van der Waals surface area contributed by atoms with E-state index in [-0.39, 0.29) is 28.4 Å². The van der Waals surface area contributed by atoms with Crippen molar-refractivity contribution in [2.45, 2.75) is 62.8 Å². The number of amides is 2. The van der Waals surface area contributed by atoms with Gasteiger partial charge < -0.3 is 30.5 Å². The molecule has 232 valence electrons. The lowest BCUT2D eigenvalue weighted by atomic mass is 9.98. The summed E-state index contributed by atoms with van der Waals surface area (Å²) in [4.78, 5) is 61.3. The summed E-state index contributed by atoms with van der Waals surface area (Å²) in [6, 6.07) is 2.55. The zero-order valence-electron chi connectivity index (χ0n) is 23.6. The number of allylic oxidation sites excluding steroid dienone is 1. The largest absolute Gasteiger partial charge is 0.511 e. The van der Waals surface area contributed by atoms with E-state index in [0.717, 1.165) is 49.0 Å². The van der Waals surface area contributed by atoms with E-state index in [9.17, 15) is 24.4 Å². The highest BCUT2D eigenvalue weighted by Crippen LogP contribution is 2.41. The lowest BCUT2D eigenvalue weighted by molar-refractivity contribution is -0.169. The maximum Gasteiger partial charge on any atom is 0.511 e. The van der Waals surface area contributed by atoms with Gasteiger partial charge in [-0.05, 0) is 42.9 Å². The topological polar surface area (TPSA) is 196 Å². The maximum atomic E-state index is 13.5. The fraction of sp³-hybridized carbons (Fsp3) is 0.393. The van der Waals surface area contributed by atoms with E-state index in [2.05, 4.69) is 20.4 Å². The summed E-state index contributed by atoms with van der Waals surface area (Å²) in [6.07, 6.45) is 8.72. The van der Waals surface area contributed by atoms with Crippen molar-refractivity contribution in [3.63, 3.8) is 0 Å². The number of nitrogens with one attached hydrogen (secondary N) is 1. The third kappa shape index (κ3) is 7.02. The first kappa shape index (κ1) is 31.0. The van der Waals surface area contributed by atoms with Crippen LogP contribution in [0.2, 0.25) is 0 Å². The number of thiazole rings is 1. The zero-order chi connectivity index (χ0) is 31.2. The number of carbonyl (C=O) groups excluding carboxylic acids is 4. The molecule has 2 aliphatic heterocycles. The van der Waals surface area contributed by atoms with Crippen molar-refractivity contribution in [3.05, 3.63) is 58.5 Å². The van der Waals surface area contributed by atoms with E-state index in [1.54, 1.807) is 30.6 Å². The minimum absolute atomic E-state index is 0.0513. The first-order valence-electron chi connectivity index (χ1n) is 13.8. The minimum atomic E-state index is -1.30. The molecule has 0 aromatic carbocycles. The van der Waals surface area contributed by atoms with E-state index < -0.39 is 47.4 Å². The van der Waals surface area contributed by atoms with Gasteiger partial charge >= 0.3 is 12.1 Å². The standard InChI is InChI=1S/C28H30N6O8S2/c1-15(41-28(38)42-18-7-3-2-4-8-18)40-26(37)22-17(10-9-16-6-5-11-30-12-16)13-43-25-21(24(36)34(22)25)32-23(35)20(33-39)19-14-44-27(29)31-19/h5-6,9-12,14-15,18,21,25,39H,2-4,7-8,13H2,1H3,(H2,29,31)(H,32,35)/b10-9-,33-20?/t15-,21+,25+/m0/s1. The van der Waals surface area contributed by atoms with Crippen molar-refractivity contribution in [2.24, 2.45) is 5.16 Å². The molecule has 1 saturated carbocycles. The molecule has 44 heavy (non-hydrogen) atoms. The number of hydrogen-bond acceptors (Lipinski definition) is 14. The number of pyridine rings is 1. The van der Waals surface area contributed by atoms with Gasteiger partial charge in [0.2, 0.25) is 6.29 Å². The Labute approximate surface area is 260 Å². The molecule has 14 nitrogen and oxygen atoms in total. The summed E-state index contributed by atoms with van der Waals surface area (Å²) in [5, 5.41) is 16.0. The average molecular weight is 643 g/mol. The Balaban J connectivity index is 1.31. The highest BCUT2D eigenvalue weighted by Gasteiger charge is 2.54. The van der Waals surface area contributed by atoms with Crippen LogP contribution in [-0.2, 0) is 28.6 Å². The molecule has 0 radical (unpaired) electrons. The van der Waals surface area contributed by atoms with Crippen LogP contribution in [0.25, 0.3) is 6.08 Å². The van der Waals surface area contributed by atoms with Gasteiger partial charge in [0.25, 0.3) is 11.8 Å². The fourth-order valence-electron chi connectivity index (χ4n) is 4.96. The molecular weight excluding hydrogens is 612 g/mol. The smallest absolute Gasteiger partial charge is 0.431 e. The number of anilines is 1. The summed E-state index contributed by atoms with van der Waals surface area (Å²) < 4.78 is 16.0. The fourth-order valence-corrected chi connectivity index (χ4v) is 6.83. The van der Waals surface area contributed by atoms with E-state index in [1.807, 2.05) is 6.07 Å². The lowest BCUT2D eigenvalue weighted by Crippen LogP contribution is -2.71. The number of nitrogen functional groups attached to an aromatic ring is 1. The van der Waals surface area contributed by atoms with Crippen LogP contribution in [0.5, 0.6) is 0 Å². The molecule has 2 fully saturated rings. The molecule has 2 aromatic heterocycles. The van der Waals surface area contributed by atoms with Gasteiger partial charge in [-0.1, -0.05) is 29.8 Å². The minimum Gasteiger partial charge on any atom is -0.431 e. The quantitative estimate of drug-likeness (QED) is 0.0905. The summed E-state index contributed by atoms with van der Waals surface area (Å²) >= 11 is 2.37. The van der Waals surface area contributed by atoms with Gasteiger partial charge in [-0.3, -0.25) is 19.5 Å².